The molecule has 5 aromatic carbocycles. The lowest BCUT2D eigenvalue weighted by molar-refractivity contribution is 1.47. The highest BCUT2D eigenvalue weighted by Crippen LogP contribution is 2.37. The van der Waals surface area contributed by atoms with E-state index in [2.05, 4.69) is 120 Å². The molecule has 0 saturated carbocycles. The maximum atomic E-state index is 4.55. The van der Waals surface area contributed by atoms with E-state index in [1.165, 1.54) is 55.9 Å². The quantitative estimate of drug-likeness (QED) is 0.275. The summed E-state index contributed by atoms with van der Waals surface area (Å²) in [5.41, 5.74) is 11.7. The second kappa shape index (κ2) is 7.95. The first-order valence-corrected chi connectivity index (χ1v) is 11.8. The fourth-order valence-electron chi connectivity index (χ4n) is 4.59. The monoisotopic (exact) mass is 442 g/mol. The second-order valence-electron chi connectivity index (χ2n) is 8.54. The third-order valence-electron chi connectivity index (χ3n) is 6.41. The minimum absolute atomic E-state index is 0.987. The van der Waals surface area contributed by atoms with Crippen LogP contribution in [0.4, 0.5) is 0 Å². The fraction of sp³-hybridized carbons (Fsp3) is 0.0667. The Labute approximate surface area is 197 Å². The van der Waals surface area contributed by atoms with Crippen LogP contribution in [0.25, 0.3) is 55.2 Å². The van der Waals surface area contributed by atoms with E-state index in [1.54, 1.807) is 0 Å². The van der Waals surface area contributed by atoms with Crippen molar-refractivity contribution in [2.45, 2.75) is 13.8 Å². The van der Waals surface area contributed by atoms with Gasteiger partial charge >= 0.3 is 0 Å². The third-order valence-corrected chi connectivity index (χ3v) is 6.94. The molecule has 0 fully saturated rings. The van der Waals surface area contributed by atoms with Crippen LogP contribution in [0.3, 0.4) is 0 Å². The summed E-state index contributed by atoms with van der Waals surface area (Å²) in [7, 11) is 0. The highest BCUT2D eigenvalue weighted by atomic mass is 32.1. The lowest BCUT2D eigenvalue weighted by atomic mass is 9.91. The first kappa shape index (κ1) is 19.8. The van der Waals surface area contributed by atoms with E-state index in [0.717, 1.165) is 22.2 Å². The van der Waals surface area contributed by atoms with Crippen LogP contribution in [-0.4, -0.2) is 8.75 Å². The van der Waals surface area contributed by atoms with Crippen LogP contribution in [0.1, 0.15) is 11.1 Å². The van der Waals surface area contributed by atoms with Gasteiger partial charge < -0.3 is 0 Å². The summed E-state index contributed by atoms with van der Waals surface area (Å²) in [6.07, 6.45) is 0. The van der Waals surface area contributed by atoms with Crippen LogP contribution in [0, 0.1) is 13.8 Å². The lowest BCUT2D eigenvalue weighted by Gasteiger charge is -2.13. The minimum atomic E-state index is 0.987. The van der Waals surface area contributed by atoms with Gasteiger partial charge in [0, 0.05) is 5.56 Å². The fourth-order valence-corrected chi connectivity index (χ4v) is 5.21. The van der Waals surface area contributed by atoms with E-state index >= 15 is 0 Å². The van der Waals surface area contributed by atoms with Gasteiger partial charge in [-0.15, -0.1) is 0 Å². The molecule has 33 heavy (non-hydrogen) atoms. The van der Waals surface area contributed by atoms with Crippen molar-refractivity contribution >= 4 is 33.5 Å². The summed E-state index contributed by atoms with van der Waals surface area (Å²) in [5.74, 6) is 0. The number of hydrogen-bond donors (Lipinski definition) is 0. The predicted molar refractivity (Wildman–Crippen MR) is 141 cm³/mol. The summed E-state index contributed by atoms with van der Waals surface area (Å²) in [4.78, 5) is 0. The molecule has 0 bridgehead atoms. The zero-order valence-electron chi connectivity index (χ0n) is 18.5. The maximum absolute atomic E-state index is 4.55. The van der Waals surface area contributed by atoms with E-state index in [-0.39, 0.29) is 0 Å². The average molecular weight is 443 g/mol. The number of nitrogens with zero attached hydrogens (tertiary/aromatic N) is 2. The van der Waals surface area contributed by atoms with Crippen LogP contribution in [0.5, 0.6) is 0 Å². The molecule has 158 valence electrons. The van der Waals surface area contributed by atoms with Crippen LogP contribution in [0.2, 0.25) is 0 Å². The zero-order chi connectivity index (χ0) is 22.4. The Hall–Kier alpha value is -3.82. The van der Waals surface area contributed by atoms with Crippen molar-refractivity contribution in [1.29, 1.82) is 0 Å². The standard InChI is InChI=1S/C30H22N2S/c1-19-7-10-21(11-8-19)24-17-18-25(28-6-4-3-5-27(24)28)22-12-14-23(15-13-22)26-16-9-20(2)29-30(26)32-33-31-29/h3-18H,1-2H3. The molecule has 2 nitrogen and oxygen atoms in total. The molecule has 0 unspecified atom stereocenters. The van der Waals surface area contributed by atoms with Gasteiger partial charge in [-0.3, -0.25) is 0 Å². The Morgan fingerprint density at radius 3 is 1.58 bits per heavy atom. The SMILES string of the molecule is Cc1ccc(-c2ccc(-c3ccc(-c4ccc(C)c5nsnc45)cc3)c3ccccc23)cc1. The van der Waals surface area contributed by atoms with Crippen LogP contribution >= 0.6 is 11.7 Å². The normalized spacial score (nSPS) is 11.3. The first-order chi connectivity index (χ1) is 16.2. The Morgan fingerprint density at radius 1 is 0.485 bits per heavy atom. The van der Waals surface area contributed by atoms with Gasteiger partial charge in [0.05, 0.1) is 11.7 Å². The number of aryl methyl sites for hydroxylation is 2. The van der Waals surface area contributed by atoms with Crippen molar-refractivity contribution in [2.24, 2.45) is 0 Å². The molecule has 0 atom stereocenters. The predicted octanol–water partition coefficient (Wildman–Crippen LogP) is 8.46. The van der Waals surface area contributed by atoms with Gasteiger partial charge in [0.2, 0.25) is 0 Å². The molecular weight excluding hydrogens is 420 g/mol. The second-order valence-corrected chi connectivity index (χ2v) is 9.07. The van der Waals surface area contributed by atoms with Crippen LogP contribution in [0.15, 0.2) is 97.1 Å². The number of hydrogen-bond acceptors (Lipinski definition) is 3. The number of benzene rings is 5. The summed E-state index contributed by atoms with van der Waals surface area (Å²) in [5, 5.41) is 2.54. The number of aromatic nitrogens is 2. The van der Waals surface area contributed by atoms with Crippen LogP contribution < -0.4 is 0 Å². The van der Waals surface area contributed by atoms with E-state index in [9.17, 15) is 0 Å². The Kier molecular flexibility index (Phi) is 4.78. The molecule has 1 heterocycles. The molecule has 1 aromatic heterocycles. The Morgan fingerprint density at radius 2 is 0.970 bits per heavy atom. The topological polar surface area (TPSA) is 25.8 Å². The van der Waals surface area contributed by atoms with Gasteiger partial charge in [-0.25, -0.2) is 0 Å². The van der Waals surface area contributed by atoms with Crippen molar-refractivity contribution < 1.29 is 0 Å². The summed E-state index contributed by atoms with van der Waals surface area (Å²) in [6, 6.07) is 35.1. The van der Waals surface area contributed by atoms with Gasteiger partial charge in [0.25, 0.3) is 0 Å². The first-order valence-electron chi connectivity index (χ1n) is 11.1. The van der Waals surface area contributed by atoms with Gasteiger partial charge in [0.15, 0.2) is 0 Å². The average Bonchev–Trinajstić information content (AvgIpc) is 3.36. The van der Waals surface area contributed by atoms with E-state index in [1.807, 2.05) is 0 Å². The van der Waals surface area contributed by atoms with E-state index < -0.39 is 0 Å². The van der Waals surface area contributed by atoms with Gasteiger partial charge in [-0.1, -0.05) is 103 Å². The molecule has 6 aromatic rings. The largest absolute Gasteiger partial charge is 0.173 e. The van der Waals surface area contributed by atoms with Crippen molar-refractivity contribution in [2.75, 3.05) is 0 Å². The third kappa shape index (κ3) is 3.42. The summed E-state index contributed by atoms with van der Waals surface area (Å²) < 4.78 is 9.02. The number of rotatable bonds is 3. The highest BCUT2D eigenvalue weighted by Gasteiger charge is 2.12. The Balaban J connectivity index is 1.45. The van der Waals surface area contributed by atoms with Crippen molar-refractivity contribution in [1.82, 2.24) is 8.75 Å². The van der Waals surface area contributed by atoms with Gasteiger partial charge in [0.1, 0.15) is 11.0 Å². The smallest absolute Gasteiger partial charge is 0.112 e. The zero-order valence-corrected chi connectivity index (χ0v) is 19.4. The lowest BCUT2D eigenvalue weighted by Crippen LogP contribution is -1.87. The minimum Gasteiger partial charge on any atom is -0.173 e. The molecule has 0 spiro atoms. The molecule has 0 N–H and O–H groups in total. The highest BCUT2D eigenvalue weighted by molar-refractivity contribution is 7.00. The van der Waals surface area contributed by atoms with E-state index in [4.69, 9.17) is 0 Å². The molecule has 3 heteroatoms. The Bertz CT molecular complexity index is 1610. The van der Waals surface area contributed by atoms with Crippen molar-refractivity contribution in [3.8, 4) is 33.4 Å². The summed E-state index contributed by atoms with van der Waals surface area (Å²) in [6.45, 7) is 4.21. The molecular formula is C30H22N2S. The van der Waals surface area contributed by atoms with Gasteiger partial charge in [-0.05, 0) is 58.0 Å². The van der Waals surface area contributed by atoms with Crippen molar-refractivity contribution in [3.63, 3.8) is 0 Å². The summed E-state index contributed by atoms with van der Waals surface area (Å²) >= 11 is 1.28. The molecule has 0 radical (unpaired) electrons. The molecule has 0 aliphatic heterocycles. The van der Waals surface area contributed by atoms with E-state index in [0.29, 0.717) is 0 Å². The van der Waals surface area contributed by atoms with Gasteiger partial charge in [-0.2, -0.15) is 8.75 Å². The van der Waals surface area contributed by atoms with Crippen molar-refractivity contribution in [3.05, 3.63) is 108 Å². The molecule has 0 amide bonds. The maximum Gasteiger partial charge on any atom is 0.112 e. The van der Waals surface area contributed by atoms with Crippen LogP contribution in [-0.2, 0) is 0 Å². The molecule has 0 aliphatic carbocycles. The number of fused-ring (bicyclic) bond motifs is 2. The molecule has 6 rings (SSSR count). The molecule has 0 aliphatic rings. The molecule has 0 saturated heterocycles.